The minimum Gasteiger partial charge on any atom is -0.486 e. The molecule has 3 rings (SSSR count). The molecule has 0 spiro atoms. The van der Waals surface area contributed by atoms with Crippen molar-refractivity contribution in [2.24, 2.45) is 0 Å². The van der Waals surface area contributed by atoms with Gasteiger partial charge in [0.25, 0.3) is 5.91 Å². The van der Waals surface area contributed by atoms with Crippen LogP contribution in [0.4, 0.5) is 4.39 Å². The number of para-hydroxylation sites is 1. The number of hydrogen-bond donors (Lipinski definition) is 0. The molecule has 0 unspecified atom stereocenters. The van der Waals surface area contributed by atoms with Gasteiger partial charge in [-0.2, -0.15) is 0 Å². The van der Waals surface area contributed by atoms with E-state index in [1.54, 1.807) is 17.0 Å². The van der Waals surface area contributed by atoms with Gasteiger partial charge in [0.1, 0.15) is 23.2 Å². The van der Waals surface area contributed by atoms with Gasteiger partial charge in [-0.25, -0.2) is 9.37 Å². The van der Waals surface area contributed by atoms with Crippen LogP contribution in [0.1, 0.15) is 40.5 Å². The Morgan fingerprint density at radius 2 is 1.89 bits per heavy atom. The number of rotatable bonds is 7. The Balaban J connectivity index is 1.69. The SMILES string of the molecule is Cc1ccccc1OCc1nc(CN(C(=O)c2ccccc2F)C(C)C)cs1. The summed E-state index contributed by atoms with van der Waals surface area (Å²) < 4.78 is 19.9. The van der Waals surface area contributed by atoms with Crippen molar-refractivity contribution in [3.63, 3.8) is 0 Å². The lowest BCUT2D eigenvalue weighted by atomic mass is 10.1. The highest BCUT2D eigenvalue weighted by Crippen LogP contribution is 2.21. The number of benzene rings is 2. The number of thiazole rings is 1. The first-order valence-corrected chi connectivity index (χ1v) is 10.0. The Bertz CT molecular complexity index is 955. The number of aryl methyl sites for hydroxylation is 1. The third kappa shape index (κ3) is 4.75. The molecule has 2 aromatic carbocycles. The molecule has 0 aliphatic rings. The summed E-state index contributed by atoms with van der Waals surface area (Å²) in [5.41, 5.74) is 1.92. The molecule has 6 heteroatoms. The first-order chi connectivity index (χ1) is 13.5. The van der Waals surface area contributed by atoms with E-state index < -0.39 is 5.82 Å². The van der Waals surface area contributed by atoms with Crippen molar-refractivity contribution in [3.8, 4) is 5.75 Å². The van der Waals surface area contributed by atoms with Crippen molar-refractivity contribution in [2.45, 2.75) is 40.0 Å². The number of hydrogen-bond acceptors (Lipinski definition) is 4. The Morgan fingerprint density at radius 1 is 1.18 bits per heavy atom. The van der Waals surface area contributed by atoms with E-state index in [1.165, 1.54) is 23.5 Å². The Morgan fingerprint density at radius 3 is 2.61 bits per heavy atom. The van der Waals surface area contributed by atoms with Crippen LogP contribution in [-0.4, -0.2) is 21.8 Å². The van der Waals surface area contributed by atoms with E-state index in [-0.39, 0.29) is 17.5 Å². The first kappa shape index (κ1) is 20.0. The second kappa shape index (κ2) is 8.97. The zero-order chi connectivity index (χ0) is 20.1. The van der Waals surface area contributed by atoms with E-state index in [2.05, 4.69) is 4.98 Å². The smallest absolute Gasteiger partial charge is 0.257 e. The van der Waals surface area contributed by atoms with Gasteiger partial charge >= 0.3 is 0 Å². The topological polar surface area (TPSA) is 42.4 Å². The van der Waals surface area contributed by atoms with Gasteiger partial charge in [-0.1, -0.05) is 30.3 Å². The van der Waals surface area contributed by atoms with Crippen molar-refractivity contribution < 1.29 is 13.9 Å². The van der Waals surface area contributed by atoms with Crippen LogP contribution in [-0.2, 0) is 13.2 Å². The summed E-state index contributed by atoms with van der Waals surface area (Å²) in [6.45, 7) is 6.52. The highest BCUT2D eigenvalue weighted by atomic mass is 32.1. The number of carbonyl (C=O) groups excluding carboxylic acids is 1. The zero-order valence-electron chi connectivity index (χ0n) is 16.2. The number of nitrogens with zero attached hydrogens (tertiary/aromatic N) is 2. The largest absolute Gasteiger partial charge is 0.486 e. The average molecular weight is 399 g/mol. The summed E-state index contributed by atoms with van der Waals surface area (Å²) in [4.78, 5) is 19.0. The summed E-state index contributed by atoms with van der Waals surface area (Å²) >= 11 is 1.49. The lowest BCUT2D eigenvalue weighted by Gasteiger charge is -2.26. The van der Waals surface area contributed by atoms with Crippen LogP contribution in [0.3, 0.4) is 0 Å². The highest BCUT2D eigenvalue weighted by Gasteiger charge is 2.22. The second-order valence-corrected chi connectivity index (χ2v) is 7.74. The fourth-order valence-corrected chi connectivity index (χ4v) is 3.49. The third-order valence-corrected chi connectivity index (χ3v) is 5.24. The molecule has 0 saturated heterocycles. The molecule has 1 aromatic heterocycles. The third-order valence-electron chi connectivity index (χ3n) is 4.36. The van der Waals surface area contributed by atoms with Crippen LogP contribution in [0.2, 0.25) is 0 Å². The number of ether oxygens (including phenoxy) is 1. The molecule has 0 saturated carbocycles. The number of carbonyl (C=O) groups is 1. The van der Waals surface area contributed by atoms with Crippen LogP contribution in [0.25, 0.3) is 0 Å². The van der Waals surface area contributed by atoms with Gasteiger partial charge in [-0.3, -0.25) is 4.79 Å². The summed E-state index contributed by atoms with van der Waals surface area (Å²) in [6.07, 6.45) is 0. The fourth-order valence-electron chi connectivity index (χ4n) is 2.80. The maximum absolute atomic E-state index is 14.0. The summed E-state index contributed by atoms with van der Waals surface area (Å²) in [6, 6.07) is 13.8. The molecule has 3 aromatic rings. The maximum Gasteiger partial charge on any atom is 0.257 e. The minimum absolute atomic E-state index is 0.0783. The van der Waals surface area contributed by atoms with Crippen LogP contribution >= 0.6 is 11.3 Å². The number of amides is 1. The van der Waals surface area contributed by atoms with E-state index in [0.29, 0.717) is 13.2 Å². The van der Waals surface area contributed by atoms with E-state index in [4.69, 9.17) is 4.74 Å². The Labute approximate surface area is 168 Å². The van der Waals surface area contributed by atoms with Gasteiger partial charge in [0.05, 0.1) is 17.8 Å². The molecule has 0 N–H and O–H groups in total. The first-order valence-electron chi connectivity index (χ1n) is 9.13. The number of aromatic nitrogens is 1. The van der Waals surface area contributed by atoms with Gasteiger partial charge in [0.2, 0.25) is 0 Å². The Hall–Kier alpha value is -2.73. The summed E-state index contributed by atoms with van der Waals surface area (Å²) in [7, 11) is 0. The minimum atomic E-state index is -0.510. The second-order valence-electron chi connectivity index (χ2n) is 6.79. The molecule has 0 aliphatic carbocycles. The van der Waals surface area contributed by atoms with Gasteiger partial charge < -0.3 is 9.64 Å². The zero-order valence-corrected chi connectivity index (χ0v) is 17.0. The molecule has 4 nitrogen and oxygen atoms in total. The molecule has 1 amide bonds. The van der Waals surface area contributed by atoms with Crippen molar-refractivity contribution >= 4 is 17.2 Å². The molecule has 28 heavy (non-hydrogen) atoms. The normalized spacial score (nSPS) is 10.9. The average Bonchev–Trinajstić information content (AvgIpc) is 3.13. The van der Waals surface area contributed by atoms with Gasteiger partial charge in [0, 0.05) is 11.4 Å². The molecule has 0 atom stereocenters. The maximum atomic E-state index is 14.0. The van der Waals surface area contributed by atoms with E-state index in [1.807, 2.05) is 50.4 Å². The van der Waals surface area contributed by atoms with Crippen molar-refractivity contribution in [1.82, 2.24) is 9.88 Å². The summed E-state index contributed by atoms with van der Waals surface area (Å²) in [5.74, 6) is -0.0136. The molecule has 0 fully saturated rings. The fraction of sp³-hybridized carbons (Fsp3) is 0.273. The molecule has 146 valence electrons. The highest BCUT2D eigenvalue weighted by molar-refractivity contribution is 7.09. The van der Waals surface area contributed by atoms with Gasteiger partial charge in [-0.15, -0.1) is 11.3 Å². The van der Waals surface area contributed by atoms with Crippen molar-refractivity contribution in [1.29, 1.82) is 0 Å². The Kier molecular flexibility index (Phi) is 6.41. The monoisotopic (exact) mass is 398 g/mol. The van der Waals surface area contributed by atoms with Crippen LogP contribution < -0.4 is 4.74 Å². The molecular formula is C22H23FN2O2S. The predicted octanol–water partition coefficient (Wildman–Crippen LogP) is 5.22. The van der Waals surface area contributed by atoms with Gasteiger partial charge in [0.15, 0.2) is 0 Å². The van der Waals surface area contributed by atoms with Crippen LogP contribution in [0.5, 0.6) is 5.75 Å². The lowest BCUT2D eigenvalue weighted by molar-refractivity contribution is 0.0683. The predicted molar refractivity (Wildman–Crippen MR) is 109 cm³/mol. The van der Waals surface area contributed by atoms with Crippen molar-refractivity contribution in [2.75, 3.05) is 0 Å². The van der Waals surface area contributed by atoms with E-state index in [0.717, 1.165) is 22.0 Å². The van der Waals surface area contributed by atoms with Crippen molar-refractivity contribution in [3.05, 3.63) is 81.6 Å². The number of halogens is 1. The van der Waals surface area contributed by atoms with E-state index >= 15 is 0 Å². The quantitative estimate of drug-likeness (QED) is 0.548. The molecular weight excluding hydrogens is 375 g/mol. The standard InChI is InChI=1S/C22H23FN2O2S/c1-15(2)25(22(26)18-9-5-6-10-19(18)23)12-17-14-28-21(24-17)13-27-20-11-7-4-8-16(20)3/h4-11,14-15H,12-13H2,1-3H3. The molecule has 0 aliphatic heterocycles. The van der Waals surface area contributed by atoms with E-state index in [9.17, 15) is 9.18 Å². The molecule has 0 bridgehead atoms. The van der Waals surface area contributed by atoms with Gasteiger partial charge in [-0.05, 0) is 44.5 Å². The molecule has 1 heterocycles. The van der Waals surface area contributed by atoms with Crippen LogP contribution in [0, 0.1) is 12.7 Å². The summed E-state index contributed by atoms with van der Waals surface area (Å²) in [5, 5.41) is 2.75. The lowest BCUT2D eigenvalue weighted by Crippen LogP contribution is -2.37. The van der Waals surface area contributed by atoms with Crippen LogP contribution in [0.15, 0.2) is 53.9 Å². The molecule has 0 radical (unpaired) electrons.